The normalized spacial score (nSPS) is 19.1. The summed E-state index contributed by atoms with van der Waals surface area (Å²) < 4.78 is 32.6. The second-order valence-corrected chi connectivity index (χ2v) is 8.93. The lowest BCUT2D eigenvalue weighted by Crippen LogP contribution is -2.49. The molecule has 1 aliphatic carbocycles. The van der Waals surface area contributed by atoms with Gasteiger partial charge >= 0.3 is 0 Å². The van der Waals surface area contributed by atoms with Crippen LogP contribution >= 0.6 is 0 Å². The van der Waals surface area contributed by atoms with Gasteiger partial charge < -0.3 is 4.52 Å². The number of hydrogen-bond acceptors (Lipinski definition) is 7. The summed E-state index contributed by atoms with van der Waals surface area (Å²) in [6, 6.07) is 1.73. The Kier molecular flexibility index (Phi) is 5.11. The van der Waals surface area contributed by atoms with Crippen molar-refractivity contribution in [3.63, 3.8) is 0 Å². The summed E-state index contributed by atoms with van der Waals surface area (Å²) in [5.74, 6) is 0. The van der Waals surface area contributed by atoms with E-state index in [1.165, 1.54) is 10.5 Å². The van der Waals surface area contributed by atoms with E-state index in [1.54, 1.807) is 10.7 Å². The zero-order chi connectivity index (χ0) is 18.9. The highest BCUT2D eigenvalue weighted by molar-refractivity contribution is 7.89. The molecule has 0 unspecified atom stereocenters. The molecule has 27 heavy (non-hydrogen) atoms. The average Bonchev–Trinajstić information content (AvgIpc) is 3.22. The standard InChI is InChI=1S/C17H23N5O4S/c23-17-11-14-3-1-2-4-16(14)19-22(17)10-7-20-5-8-21(9-6-20)27(24,25)15-12-18-26-13-15/h11-13H,1-10H2. The largest absolute Gasteiger partial charge is 0.363 e. The predicted octanol–water partition coefficient (Wildman–Crippen LogP) is 0.117. The van der Waals surface area contributed by atoms with Gasteiger partial charge in [-0.3, -0.25) is 9.69 Å². The minimum atomic E-state index is -3.54. The van der Waals surface area contributed by atoms with Gasteiger partial charge in [-0.25, -0.2) is 13.1 Å². The summed E-state index contributed by atoms with van der Waals surface area (Å²) in [7, 11) is -3.54. The predicted molar refractivity (Wildman–Crippen MR) is 96.8 cm³/mol. The molecule has 0 N–H and O–H groups in total. The van der Waals surface area contributed by atoms with Crippen molar-refractivity contribution in [2.24, 2.45) is 0 Å². The molecule has 1 fully saturated rings. The highest BCUT2D eigenvalue weighted by Gasteiger charge is 2.29. The molecule has 10 heteroatoms. The van der Waals surface area contributed by atoms with Crippen LogP contribution in [-0.2, 0) is 29.4 Å². The first kappa shape index (κ1) is 18.3. The van der Waals surface area contributed by atoms with Crippen LogP contribution in [0.2, 0.25) is 0 Å². The van der Waals surface area contributed by atoms with Crippen molar-refractivity contribution >= 4 is 10.0 Å². The second-order valence-electron chi connectivity index (χ2n) is 6.99. The molecular weight excluding hydrogens is 370 g/mol. The molecule has 3 heterocycles. The highest BCUT2D eigenvalue weighted by atomic mass is 32.2. The van der Waals surface area contributed by atoms with Crippen molar-refractivity contribution in [1.82, 2.24) is 24.1 Å². The van der Waals surface area contributed by atoms with Crippen LogP contribution in [0.15, 0.2) is 32.7 Å². The molecule has 9 nitrogen and oxygen atoms in total. The van der Waals surface area contributed by atoms with Crippen LogP contribution in [0.4, 0.5) is 0 Å². The summed E-state index contributed by atoms with van der Waals surface area (Å²) in [6.45, 7) is 3.23. The van der Waals surface area contributed by atoms with E-state index in [0.29, 0.717) is 39.3 Å². The lowest BCUT2D eigenvalue weighted by Gasteiger charge is -2.33. The van der Waals surface area contributed by atoms with Crippen molar-refractivity contribution in [2.45, 2.75) is 37.1 Å². The molecule has 0 radical (unpaired) electrons. The Balaban J connectivity index is 1.34. The van der Waals surface area contributed by atoms with Crippen LogP contribution < -0.4 is 5.56 Å². The molecule has 4 rings (SSSR count). The molecule has 2 aromatic heterocycles. The molecule has 0 saturated carbocycles. The molecule has 2 aromatic rings. The third-order valence-electron chi connectivity index (χ3n) is 5.28. The molecule has 2 aliphatic rings. The summed E-state index contributed by atoms with van der Waals surface area (Å²) in [5.41, 5.74) is 2.09. The lowest BCUT2D eigenvalue weighted by molar-refractivity contribution is 0.180. The molecule has 146 valence electrons. The fourth-order valence-corrected chi connectivity index (χ4v) is 4.95. The molecule has 0 amide bonds. The fraction of sp³-hybridized carbons (Fsp3) is 0.588. The number of hydrogen-bond donors (Lipinski definition) is 0. The van der Waals surface area contributed by atoms with Gasteiger partial charge in [0.05, 0.1) is 18.4 Å². The Morgan fingerprint density at radius 1 is 1.07 bits per heavy atom. The van der Waals surface area contributed by atoms with Gasteiger partial charge in [0.25, 0.3) is 5.56 Å². The maximum absolute atomic E-state index is 12.5. The van der Waals surface area contributed by atoms with Gasteiger partial charge in [0.2, 0.25) is 10.0 Å². The van der Waals surface area contributed by atoms with E-state index in [9.17, 15) is 13.2 Å². The summed E-state index contributed by atoms with van der Waals surface area (Å²) >= 11 is 0. The number of nitrogens with zero attached hydrogens (tertiary/aromatic N) is 5. The number of aryl methyl sites for hydroxylation is 2. The van der Waals surface area contributed by atoms with Crippen LogP contribution in [0.3, 0.4) is 0 Å². The molecule has 1 saturated heterocycles. The SMILES string of the molecule is O=c1cc2c(nn1CCN1CCN(S(=O)(=O)c3cnoc3)CC1)CCCC2. The van der Waals surface area contributed by atoms with Crippen LogP contribution in [0.25, 0.3) is 0 Å². The second kappa shape index (κ2) is 7.53. The maximum Gasteiger partial charge on any atom is 0.267 e. The number of sulfonamides is 1. The number of fused-ring (bicyclic) bond motifs is 1. The Labute approximate surface area is 157 Å². The summed E-state index contributed by atoms with van der Waals surface area (Å²) in [6.07, 6.45) is 6.50. The van der Waals surface area contributed by atoms with Crippen LogP contribution in [-0.4, -0.2) is 65.3 Å². The van der Waals surface area contributed by atoms with Gasteiger partial charge in [0.1, 0.15) is 11.2 Å². The minimum absolute atomic E-state index is 0.0516. The first-order valence-electron chi connectivity index (χ1n) is 9.26. The first-order chi connectivity index (χ1) is 13.0. The van der Waals surface area contributed by atoms with Crippen molar-refractivity contribution in [1.29, 1.82) is 0 Å². The smallest absolute Gasteiger partial charge is 0.267 e. The zero-order valence-electron chi connectivity index (χ0n) is 15.1. The zero-order valence-corrected chi connectivity index (χ0v) is 15.9. The van der Waals surface area contributed by atoms with Gasteiger partial charge in [-0.05, 0) is 31.2 Å². The topological polar surface area (TPSA) is 102 Å². The van der Waals surface area contributed by atoms with Crippen molar-refractivity contribution in [3.05, 3.63) is 40.1 Å². The maximum atomic E-state index is 12.5. The monoisotopic (exact) mass is 393 g/mol. The highest BCUT2D eigenvalue weighted by Crippen LogP contribution is 2.18. The number of aromatic nitrogens is 3. The van der Waals surface area contributed by atoms with E-state index < -0.39 is 10.0 Å². The Morgan fingerprint density at radius 2 is 1.85 bits per heavy atom. The van der Waals surface area contributed by atoms with Crippen molar-refractivity contribution in [3.8, 4) is 0 Å². The first-order valence-corrected chi connectivity index (χ1v) is 10.7. The van der Waals surface area contributed by atoms with E-state index in [2.05, 4.69) is 19.7 Å². The Hall–Kier alpha value is -2.04. The summed E-state index contributed by atoms with van der Waals surface area (Å²) in [5, 5.41) is 8.01. The van der Waals surface area contributed by atoms with Crippen LogP contribution in [0.1, 0.15) is 24.1 Å². The molecule has 1 aliphatic heterocycles. The van der Waals surface area contributed by atoms with E-state index in [4.69, 9.17) is 0 Å². The van der Waals surface area contributed by atoms with E-state index in [-0.39, 0.29) is 10.5 Å². The van der Waals surface area contributed by atoms with Crippen molar-refractivity contribution < 1.29 is 12.9 Å². The molecule has 0 spiro atoms. The third-order valence-corrected chi connectivity index (χ3v) is 7.12. The summed E-state index contributed by atoms with van der Waals surface area (Å²) in [4.78, 5) is 14.5. The van der Waals surface area contributed by atoms with E-state index in [1.807, 2.05) is 0 Å². The van der Waals surface area contributed by atoms with Crippen molar-refractivity contribution in [2.75, 3.05) is 32.7 Å². The third kappa shape index (κ3) is 3.83. The van der Waals surface area contributed by atoms with E-state index >= 15 is 0 Å². The lowest BCUT2D eigenvalue weighted by atomic mass is 9.97. The van der Waals surface area contributed by atoms with Crippen LogP contribution in [0.5, 0.6) is 0 Å². The Bertz CT molecular complexity index is 946. The molecule has 0 bridgehead atoms. The molecule has 0 atom stereocenters. The number of rotatable bonds is 5. The Morgan fingerprint density at radius 3 is 2.59 bits per heavy atom. The fourth-order valence-electron chi connectivity index (χ4n) is 3.66. The van der Waals surface area contributed by atoms with Gasteiger partial charge in [-0.15, -0.1) is 0 Å². The van der Waals surface area contributed by atoms with E-state index in [0.717, 1.165) is 43.2 Å². The van der Waals surface area contributed by atoms with Crippen LogP contribution in [0, 0.1) is 0 Å². The quantitative estimate of drug-likeness (QED) is 0.711. The van der Waals surface area contributed by atoms with Gasteiger partial charge in [0.15, 0.2) is 0 Å². The molecule has 0 aromatic carbocycles. The average molecular weight is 393 g/mol. The van der Waals surface area contributed by atoms with Gasteiger partial charge in [-0.1, -0.05) is 5.16 Å². The molecular formula is C17H23N5O4S. The van der Waals surface area contributed by atoms with Gasteiger partial charge in [0, 0.05) is 38.8 Å². The van der Waals surface area contributed by atoms with Gasteiger partial charge in [-0.2, -0.15) is 9.40 Å². The number of piperazine rings is 1. The minimum Gasteiger partial charge on any atom is -0.363 e.